The van der Waals surface area contributed by atoms with Crippen LogP contribution >= 0.6 is 0 Å². The SMILES string of the molecule is CC1CCNCC(C)N1CCCN(C)C. The third-order valence-corrected chi connectivity index (χ3v) is 3.33. The summed E-state index contributed by atoms with van der Waals surface area (Å²) in [5.74, 6) is 0. The summed E-state index contributed by atoms with van der Waals surface area (Å²) in [6.07, 6.45) is 2.56. The first-order valence-electron chi connectivity index (χ1n) is 6.22. The molecular weight excluding hydrogens is 186 g/mol. The Morgan fingerprint density at radius 1 is 1.27 bits per heavy atom. The first-order chi connectivity index (χ1) is 7.11. The lowest BCUT2D eigenvalue weighted by molar-refractivity contribution is 0.156. The Labute approximate surface area is 94.8 Å². The predicted octanol–water partition coefficient (Wildman–Crippen LogP) is 1.01. The fourth-order valence-corrected chi connectivity index (χ4v) is 2.35. The van der Waals surface area contributed by atoms with Gasteiger partial charge < -0.3 is 10.2 Å². The molecule has 0 aromatic rings. The van der Waals surface area contributed by atoms with Crippen molar-refractivity contribution in [3.05, 3.63) is 0 Å². The largest absolute Gasteiger partial charge is 0.315 e. The van der Waals surface area contributed by atoms with Gasteiger partial charge in [0, 0.05) is 18.6 Å². The van der Waals surface area contributed by atoms with E-state index in [1.54, 1.807) is 0 Å². The van der Waals surface area contributed by atoms with Crippen LogP contribution in [-0.4, -0.2) is 62.2 Å². The molecule has 0 saturated carbocycles. The molecule has 1 fully saturated rings. The van der Waals surface area contributed by atoms with Crippen molar-refractivity contribution in [2.24, 2.45) is 0 Å². The molecule has 0 aromatic heterocycles. The number of nitrogens with zero attached hydrogens (tertiary/aromatic N) is 2. The molecule has 0 bridgehead atoms. The van der Waals surface area contributed by atoms with Crippen molar-refractivity contribution in [1.29, 1.82) is 0 Å². The highest BCUT2D eigenvalue weighted by molar-refractivity contribution is 4.79. The smallest absolute Gasteiger partial charge is 0.0195 e. The van der Waals surface area contributed by atoms with Gasteiger partial charge in [0.25, 0.3) is 0 Å². The van der Waals surface area contributed by atoms with E-state index in [4.69, 9.17) is 0 Å². The lowest BCUT2D eigenvalue weighted by Gasteiger charge is -2.32. The van der Waals surface area contributed by atoms with Gasteiger partial charge in [-0.1, -0.05) is 0 Å². The summed E-state index contributed by atoms with van der Waals surface area (Å²) in [6.45, 7) is 9.46. The third-order valence-electron chi connectivity index (χ3n) is 3.33. The fourth-order valence-electron chi connectivity index (χ4n) is 2.35. The van der Waals surface area contributed by atoms with Crippen molar-refractivity contribution in [2.45, 2.75) is 38.8 Å². The second-order valence-corrected chi connectivity index (χ2v) is 5.09. The maximum absolute atomic E-state index is 3.50. The Morgan fingerprint density at radius 2 is 2.00 bits per heavy atom. The molecule has 0 amide bonds. The maximum Gasteiger partial charge on any atom is 0.0195 e. The van der Waals surface area contributed by atoms with E-state index in [-0.39, 0.29) is 0 Å². The molecule has 0 aliphatic carbocycles. The van der Waals surface area contributed by atoms with E-state index in [2.05, 4.69) is 43.1 Å². The fraction of sp³-hybridized carbons (Fsp3) is 1.00. The molecule has 0 spiro atoms. The van der Waals surface area contributed by atoms with Crippen LogP contribution in [0.4, 0.5) is 0 Å². The highest BCUT2D eigenvalue weighted by Crippen LogP contribution is 2.12. The van der Waals surface area contributed by atoms with Crippen molar-refractivity contribution in [1.82, 2.24) is 15.1 Å². The average Bonchev–Trinajstić information content (AvgIpc) is 2.31. The van der Waals surface area contributed by atoms with Crippen LogP contribution < -0.4 is 5.32 Å². The average molecular weight is 213 g/mol. The molecule has 2 atom stereocenters. The quantitative estimate of drug-likeness (QED) is 0.752. The molecule has 1 aliphatic rings. The van der Waals surface area contributed by atoms with Crippen LogP contribution in [0, 0.1) is 0 Å². The second kappa shape index (κ2) is 6.46. The first kappa shape index (κ1) is 12.9. The normalized spacial score (nSPS) is 29.4. The second-order valence-electron chi connectivity index (χ2n) is 5.09. The highest BCUT2D eigenvalue weighted by Gasteiger charge is 2.21. The van der Waals surface area contributed by atoms with Crippen LogP contribution in [0.25, 0.3) is 0 Å². The summed E-state index contributed by atoms with van der Waals surface area (Å²) >= 11 is 0. The summed E-state index contributed by atoms with van der Waals surface area (Å²) in [4.78, 5) is 4.93. The number of hydrogen-bond donors (Lipinski definition) is 1. The molecule has 90 valence electrons. The molecule has 15 heavy (non-hydrogen) atoms. The van der Waals surface area contributed by atoms with E-state index in [1.807, 2.05) is 0 Å². The maximum atomic E-state index is 3.50. The van der Waals surface area contributed by atoms with Gasteiger partial charge in [0.05, 0.1) is 0 Å². The van der Waals surface area contributed by atoms with E-state index in [0.717, 1.165) is 12.6 Å². The minimum absolute atomic E-state index is 0.685. The van der Waals surface area contributed by atoms with Gasteiger partial charge in [-0.25, -0.2) is 0 Å². The Morgan fingerprint density at radius 3 is 2.67 bits per heavy atom. The Balaban J connectivity index is 2.34. The molecule has 2 unspecified atom stereocenters. The predicted molar refractivity (Wildman–Crippen MR) is 66.3 cm³/mol. The summed E-state index contributed by atoms with van der Waals surface area (Å²) in [5, 5.41) is 3.50. The molecule has 0 aromatic carbocycles. The molecule has 1 heterocycles. The van der Waals surface area contributed by atoms with Crippen LogP contribution in [0.15, 0.2) is 0 Å². The van der Waals surface area contributed by atoms with E-state index in [9.17, 15) is 0 Å². The van der Waals surface area contributed by atoms with Gasteiger partial charge in [-0.05, 0) is 60.4 Å². The molecule has 1 saturated heterocycles. The Hall–Kier alpha value is -0.120. The molecule has 1 N–H and O–H groups in total. The van der Waals surface area contributed by atoms with Gasteiger partial charge in [-0.2, -0.15) is 0 Å². The van der Waals surface area contributed by atoms with Gasteiger partial charge in [0.1, 0.15) is 0 Å². The van der Waals surface area contributed by atoms with Crippen molar-refractivity contribution in [3.8, 4) is 0 Å². The minimum Gasteiger partial charge on any atom is -0.315 e. The van der Waals surface area contributed by atoms with Crippen LogP contribution in [0.1, 0.15) is 26.7 Å². The van der Waals surface area contributed by atoms with Crippen LogP contribution in [-0.2, 0) is 0 Å². The van der Waals surface area contributed by atoms with Crippen molar-refractivity contribution < 1.29 is 0 Å². The van der Waals surface area contributed by atoms with Crippen LogP contribution in [0.5, 0.6) is 0 Å². The van der Waals surface area contributed by atoms with Crippen molar-refractivity contribution >= 4 is 0 Å². The zero-order valence-electron chi connectivity index (χ0n) is 10.8. The van der Waals surface area contributed by atoms with Gasteiger partial charge in [0.2, 0.25) is 0 Å². The van der Waals surface area contributed by atoms with E-state index >= 15 is 0 Å². The van der Waals surface area contributed by atoms with E-state index < -0.39 is 0 Å². The lowest BCUT2D eigenvalue weighted by atomic mass is 10.1. The zero-order chi connectivity index (χ0) is 11.3. The summed E-state index contributed by atoms with van der Waals surface area (Å²) in [6, 6.07) is 1.42. The van der Waals surface area contributed by atoms with Gasteiger partial charge >= 0.3 is 0 Å². The van der Waals surface area contributed by atoms with Gasteiger partial charge in [-0.15, -0.1) is 0 Å². The topological polar surface area (TPSA) is 18.5 Å². The first-order valence-corrected chi connectivity index (χ1v) is 6.22. The molecule has 3 nitrogen and oxygen atoms in total. The highest BCUT2D eigenvalue weighted by atomic mass is 15.2. The molecular formula is C12H27N3. The van der Waals surface area contributed by atoms with Crippen molar-refractivity contribution in [2.75, 3.05) is 40.3 Å². The van der Waals surface area contributed by atoms with Crippen molar-refractivity contribution in [3.63, 3.8) is 0 Å². The Bertz CT molecular complexity index is 158. The lowest BCUT2D eigenvalue weighted by Crippen LogP contribution is -2.42. The van der Waals surface area contributed by atoms with E-state index in [0.29, 0.717) is 6.04 Å². The summed E-state index contributed by atoms with van der Waals surface area (Å²) < 4.78 is 0. The zero-order valence-corrected chi connectivity index (χ0v) is 10.8. The molecule has 0 radical (unpaired) electrons. The molecule has 3 heteroatoms. The van der Waals surface area contributed by atoms with Crippen LogP contribution in [0.2, 0.25) is 0 Å². The summed E-state index contributed by atoms with van der Waals surface area (Å²) in [7, 11) is 4.30. The third kappa shape index (κ3) is 4.49. The van der Waals surface area contributed by atoms with Gasteiger partial charge in [-0.3, -0.25) is 4.90 Å². The summed E-state index contributed by atoms with van der Waals surface area (Å²) in [5.41, 5.74) is 0. The van der Waals surface area contributed by atoms with Gasteiger partial charge in [0.15, 0.2) is 0 Å². The molecule has 1 rings (SSSR count). The van der Waals surface area contributed by atoms with E-state index in [1.165, 1.54) is 32.5 Å². The number of nitrogens with one attached hydrogen (secondary N) is 1. The minimum atomic E-state index is 0.685. The Kier molecular flexibility index (Phi) is 5.58. The number of hydrogen-bond acceptors (Lipinski definition) is 3. The standard InChI is InChI=1S/C12H27N3/c1-11-6-7-13-10-12(2)15(11)9-5-8-14(3)4/h11-13H,5-10H2,1-4H3. The monoisotopic (exact) mass is 213 g/mol. The van der Waals surface area contributed by atoms with Crippen LogP contribution in [0.3, 0.4) is 0 Å². The molecule has 1 aliphatic heterocycles. The number of rotatable bonds is 4.